The topological polar surface area (TPSA) is 49.3 Å². The van der Waals surface area contributed by atoms with E-state index in [2.05, 4.69) is 5.32 Å². The van der Waals surface area contributed by atoms with Crippen LogP contribution in [0.15, 0.2) is 0 Å². The van der Waals surface area contributed by atoms with Crippen molar-refractivity contribution in [2.75, 3.05) is 6.61 Å². The molecule has 2 N–H and O–H groups in total. The number of amides is 1. The van der Waals surface area contributed by atoms with Gasteiger partial charge in [0, 0.05) is 0 Å². The van der Waals surface area contributed by atoms with Gasteiger partial charge in [0.25, 0.3) is 0 Å². The van der Waals surface area contributed by atoms with Crippen LogP contribution >= 0.6 is 0 Å². The number of carbonyl (C=O) groups excluding carboxylic acids is 1. The fraction of sp³-hybridized carbons (Fsp3) is 0.800. The van der Waals surface area contributed by atoms with E-state index >= 15 is 0 Å². The van der Waals surface area contributed by atoms with Crippen molar-refractivity contribution in [2.24, 2.45) is 0 Å². The summed E-state index contributed by atoms with van der Waals surface area (Å²) in [5.41, 5.74) is 0. The molecule has 0 heterocycles. The summed E-state index contributed by atoms with van der Waals surface area (Å²) < 4.78 is 0. The molecule has 0 aromatic heterocycles. The largest absolute Gasteiger partial charge is 0.394 e. The molecule has 0 saturated carbocycles. The van der Waals surface area contributed by atoms with Gasteiger partial charge in [-0.05, 0) is 6.42 Å². The molecule has 3 nitrogen and oxygen atoms in total. The summed E-state index contributed by atoms with van der Waals surface area (Å²) in [6.07, 6.45) is 2.25. The zero-order chi connectivity index (χ0) is 6.41. The van der Waals surface area contributed by atoms with Crippen LogP contribution in [0, 0.1) is 0 Å². The van der Waals surface area contributed by atoms with E-state index in [0.717, 1.165) is 6.42 Å². The third-order valence-corrected chi connectivity index (χ3v) is 0.976. The Hall–Kier alpha value is -0.570. The van der Waals surface area contributed by atoms with Gasteiger partial charge < -0.3 is 10.4 Å². The van der Waals surface area contributed by atoms with Crippen molar-refractivity contribution in [3.05, 3.63) is 0 Å². The zero-order valence-electron chi connectivity index (χ0n) is 4.85. The van der Waals surface area contributed by atoms with Gasteiger partial charge in [0.05, 0.1) is 12.6 Å². The van der Waals surface area contributed by atoms with Crippen LogP contribution in [0.3, 0.4) is 0 Å². The number of hydrogen-bond acceptors (Lipinski definition) is 2. The second kappa shape index (κ2) is 4.59. The van der Waals surface area contributed by atoms with Crippen molar-refractivity contribution < 1.29 is 9.90 Å². The summed E-state index contributed by atoms with van der Waals surface area (Å²) in [6, 6.07) is -0.118. The first-order valence-corrected chi connectivity index (χ1v) is 2.58. The second-order valence-electron chi connectivity index (χ2n) is 1.53. The van der Waals surface area contributed by atoms with Crippen LogP contribution in [0.4, 0.5) is 0 Å². The molecule has 0 aliphatic carbocycles. The third kappa shape index (κ3) is 2.58. The summed E-state index contributed by atoms with van der Waals surface area (Å²) in [6.45, 7) is 1.87. The molecular weight excluding hydrogens is 106 g/mol. The number of aliphatic hydroxyl groups excluding tert-OH is 1. The predicted molar refractivity (Wildman–Crippen MR) is 30.0 cm³/mol. The maximum atomic E-state index is 9.59. The third-order valence-electron chi connectivity index (χ3n) is 0.976. The Kier molecular flexibility index (Phi) is 4.26. The van der Waals surface area contributed by atoms with E-state index in [9.17, 15) is 4.79 Å². The number of rotatable bonds is 4. The van der Waals surface area contributed by atoms with Gasteiger partial charge in [-0.3, -0.25) is 4.79 Å². The highest BCUT2D eigenvalue weighted by Crippen LogP contribution is 1.84. The van der Waals surface area contributed by atoms with Gasteiger partial charge in [-0.1, -0.05) is 6.92 Å². The van der Waals surface area contributed by atoms with Crippen molar-refractivity contribution in [2.45, 2.75) is 19.4 Å². The van der Waals surface area contributed by atoms with Crippen LogP contribution in [0.25, 0.3) is 0 Å². The zero-order valence-corrected chi connectivity index (χ0v) is 4.85. The van der Waals surface area contributed by atoms with Crippen LogP contribution in [-0.4, -0.2) is 24.2 Å². The summed E-state index contributed by atoms with van der Waals surface area (Å²) in [4.78, 5) is 9.59. The average Bonchev–Trinajstić information content (AvgIpc) is 1.83. The lowest BCUT2D eigenvalue weighted by Crippen LogP contribution is -2.30. The van der Waals surface area contributed by atoms with Crippen LogP contribution < -0.4 is 5.32 Å². The Balaban J connectivity index is 3.20. The molecule has 0 rings (SSSR count). The van der Waals surface area contributed by atoms with Crippen LogP contribution in [0.2, 0.25) is 0 Å². The lowest BCUT2D eigenvalue weighted by molar-refractivity contribution is 0.251. The summed E-state index contributed by atoms with van der Waals surface area (Å²) >= 11 is 0. The summed E-state index contributed by atoms with van der Waals surface area (Å²) in [5.74, 6) is 0. The van der Waals surface area contributed by atoms with Gasteiger partial charge in [-0.25, -0.2) is 0 Å². The minimum absolute atomic E-state index is 0.00819. The molecule has 1 atom stereocenters. The summed E-state index contributed by atoms with van der Waals surface area (Å²) in [7, 11) is 0. The Morgan fingerprint density at radius 1 is 1.88 bits per heavy atom. The van der Waals surface area contributed by atoms with E-state index in [0.29, 0.717) is 0 Å². The smallest absolute Gasteiger partial charge is 0.309 e. The molecule has 0 aromatic rings. The lowest BCUT2D eigenvalue weighted by atomic mass is 10.2. The highest BCUT2D eigenvalue weighted by Gasteiger charge is 1.99. The normalized spacial score (nSPS) is 12.8. The van der Waals surface area contributed by atoms with Crippen LogP contribution in [-0.2, 0) is 4.79 Å². The van der Waals surface area contributed by atoms with E-state index in [1.54, 1.807) is 0 Å². The van der Waals surface area contributed by atoms with Gasteiger partial charge in [-0.15, -0.1) is 0 Å². The number of aliphatic hydroxyl groups is 1. The van der Waals surface area contributed by atoms with Gasteiger partial charge >= 0.3 is 6.41 Å². The molecule has 0 aliphatic rings. The highest BCUT2D eigenvalue weighted by molar-refractivity contribution is 5.47. The minimum atomic E-state index is -0.118. The molecule has 8 heavy (non-hydrogen) atoms. The highest BCUT2D eigenvalue weighted by atomic mass is 16.3. The second-order valence-corrected chi connectivity index (χ2v) is 1.53. The lowest BCUT2D eigenvalue weighted by Gasteiger charge is -2.06. The molecule has 0 spiro atoms. The van der Waals surface area contributed by atoms with Gasteiger partial charge in [-0.2, -0.15) is 0 Å². The average molecular weight is 116 g/mol. The Morgan fingerprint density at radius 2 is 2.50 bits per heavy atom. The first-order valence-electron chi connectivity index (χ1n) is 2.58. The minimum Gasteiger partial charge on any atom is -0.394 e. The van der Waals surface area contributed by atoms with E-state index in [-0.39, 0.29) is 12.6 Å². The quantitative estimate of drug-likeness (QED) is 0.482. The van der Waals surface area contributed by atoms with Crippen molar-refractivity contribution in [3.8, 4) is 0 Å². The van der Waals surface area contributed by atoms with Crippen LogP contribution in [0.1, 0.15) is 13.3 Å². The van der Waals surface area contributed by atoms with Gasteiger partial charge in [0.15, 0.2) is 0 Å². The monoisotopic (exact) mass is 116 g/mol. The van der Waals surface area contributed by atoms with Gasteiger partial charge in [0.2, 0.25) is 0 Å². The van der Waals surface area contributed by atoms with Gasteiger partial charge in [0.1, 0.15) is 0 Å². The molecule has 0 aromatic carbocycles. The molecule has 3 heteroatoms. The molecular formula is C5H10NO2. The standard InChI is InChI=1S/C5H10NO2/c1-2-5(3-7)6-4-8/h5,7H,2-3H2,1H3,(H,6,8). The Labute approximate surface area is 48.7 Å². The molecule has 1 unspecified atom stereocenters. The van der Waals surface area contributed by atoms with Crippen molar-refractivity contribution in [1.29, 1.82) is 0 Å². The fourth-order valence-corrected chi connectivity index (χ4v) is 0.360. The molecule has 0 aliphatic heterocycles. The van der Waals surface area contributed by atoms with Crippen molar-refractivity contribution in [3.63, 3.8) is 0 Å². The maximum absolute atomic E-state index is 9.59. The van der Waals surface area contributed by atoms with Crippen molar-refractivity contribution in [1.82, 2.24) is 5.32 Å². The number of nitrogens with one attached hydrogen (secondary N) is 1. The van der Waals surface area contributed by atoms with E-state index in [1.807, 2.05) is 6.92 Å². The van der Waals surface area contributed by atoms with E-state index in [1.165, 1.54) is 6.41 Å². The van der Waals surface area contributed by atoms with E-state index in [4.69, 9.17) is 5.11 Å². The molecule has 1 radical (unpaired) electrons. The molecule has 1 amide bonds. The Bertz CT molecular complexity index is 61.4. The molecule has 0 bridgehead atoms. The molecule has 47 valence electrons. The fourth-order valence-electron chi connectivity index (χ4n) is 0.360. The molecule has 0 saturated heterocycles. The first kappa shape index (κ1) is 7.43. The predicted octanol–water partition coefficient (Wildman–Crippen LogP) is -0.586. The SMILES string of the molecule is CCC(CO)N[C]=O. The maximum Gasteiger partial charge on any atom is 0.309 e. The summed E-state index contributed by atoms with van der Waals surface area (Å²) in [5, 5.41) is 10.7. The Morgan fingerprint density at radius 3 is 2.62 bits per heavy atom. The molecule has 0 fully saturated rings. The first-order chi connectivity index (χ1) is 3.85. The van der Waals surface area contributed by atoms with Crippen LogP contribution in [0.5, 0.6) is 0 Å². The van der Waals surface area contributed by atoms with Crippen molar-refractivity contribution >= 4 is 6.41 Å². The number of hydrogen-bond donors (Lipinski definition) is 2. The van der Waals surface area contributed by atoms with E-state index < -0.39 is 0 Å².